The van der Waals surface area contributed by atoms with Crippen LogP contribution in [-0.4, -0.2) is 40.0 Å². The van der Waals surface area contributed by atoms with Crippen LogP contribution in [0, 0.1) is 0 Å². The van der Waals surface area contributed by atoms with Gasteiger partial charge in [-0.25, -0.2) is 4.98 Å². The van der Waals surface area contributed by atoms with Crippen LogP contribution in [0.4, 0.5) is 0 Å². The summed E-state index contributed by atoms with van der Waals surface area (Å²) in [6.07, 6.45) is 3.50. The Balaban J connectivity index is 1.98. The van der Waals surface area contributed by atoms with E-state index in [-0.39, 0.29) is 17.6 Å². The van der Waals surface area contributed by atoms with Crippen molar-refractivity contribution in [3.8, 4) is 0 Å². The van der Waals surface area contributed by atoms with Gasteiger partial charge in [-0.05, 0) is 38.0 Å². The van der Waals surface area contributed by atoms with Gasteiger partial charge in [0.05, 0.1) is 28.8 Å². The summed E-state index contributed by atoms with van der Waals surface area (Å²) in [5.41, 5.74) is 0.380. The lowest BCUT2D eigenvalue weighted by molar-refractivity contribution is -0.120. The number of halogens is 1. The molecular formula is C19H22ClN3O3S. The Morgan fingerprint density at radius 2 is 2.41 bits per heavy atom. The van der Waals surface area contributed by atoms with Gasteiger partial charge in [-0.15, -0.1) is 6.58 Å². The van der Waals surface area contributed by atoms with Crippen molar-refractivity contribution in [2.24, 2.45) is 0 Å². The van der Waals surface area contributed by atoms with E-state index in [1.165, 1.54) is 11.8 Å². The van der Waals surface area contributed by atoms with Crippen LogP contribution in [0.1, 0.15) is 19.8 Å². The van der Waals surface area contributed by atoms with Crippen molar-refractivity contribution in [2.75, 3.05) is 13.2 Å². The number of carbonyl (C=O) groups is 1. The smallest absolute Gasteiger partial charge is 0.262 e. The van der Waals surface area contributed by atoms with Crippen LogP contribution >= 0.6 is 23.4 Å². The highest BCUT2D eigenvalue weighted by atomic mass is 35.5. The summed E-state index contributed by atoms with van der Waals surface area (Å²) in [6, 6.07) is 5.04. The molecule has 0 saturated carbocycles. The minimum atomic E-state index is -0.413. The maximum absolute atomic E-state index is 13.1. The summed E-state index contributed by atoms with van der Waals surface area (Å²) in [5.74, 6) is -0.135. The van der Waals surface area contributed by atoms with Gasteiger partial charge in [-0.2, -0.15) is 0 Å². The monoisotopic (exact) mass is 407 g/mol. The second-order valence-corrected chi connectivity index (χ2v) is 8.14. The topological polar surface area (TPSA) is 73.2 Å². The number of rotatable bonds is 7. The maximum atomic E-state index is 13.1. The molecule has 3 rings (SSSR count). The van der Waals surface area contributed by atoms with E-state index in [1.807, 2.05) is 0 Å². The highest BCUT2D eigenvalue weighted by Gasteiger charge is 2.23. The lowest BCUT2D eigenvalue weighted by atomic mass is 10.2. The number of ether oxygens (including phenoxy) is 1. The van der Waals surface area contributed by atoms with Gasteiger partial charge >= 0.3 is 0 Å². The number of thioether (sulfide) groups is 1. The van der Waals surface area contributed by atoms with Crippen LogP contribution in [0.15, 0.2) is 40.8 Å². The van der Waals surface area contributed by atoms with Crippen LogP contribution in [0.3, 0.4) is 0 Å². The van der Waals surface area contributed by atoms with Crippen LogP contribution < -0.4 is 10.9 Å². The molecule has 1 N–H and O–H groups in total. The molecule has 8 heteroatoms. The van der Waals surface area contributed by atoms with Gasteiger partial charge in [0.2, 0.25) is 5.91 Å². The lowest BCUT2D eigenvalue weighted by Crippen LogP contribution is -2.33. The zero-order chi connectivity index (χ0) is 19.4. The lowest BCUT2D eigenvalue weighted by Gasteiger charge is -2.18. The molecule has 6 nitrogen and oxygen atoms in total. The van der Waals surface area contributed by atoms with Crippen molar-refractivity contribution in [3.63, 3.8) is 0 Å². The van der Waals surface area contributed by atoms with Crippen LogP contribution in [0.2, 0.25) is 5.02 Å². The molecule has 0 radical (unpaired) electrons. The molecule has 0 unspecified atom stereocenters. The van der Waals surface area contributed by atoms with E-state index in [0.717, 1.165) is 12.8 Å². The molecule has 1 amide bonds. The molecule has 0 spiro atoms. The van der Waals surface area contributed by atoms with Gasteiger partial charge in [0, 0.05) is 18.2 Å². The quantitative estimate of drug-likeness (QED) is 0.434. The van der Waals surface area contributed by atoms with Crippen LogP contribution in [-0.2, 0) is 16.1 Å². The molecule has 1 aromatic carbocycles. The summed E-state index contributed by atoms with van der Waals surface area (Å²) < 4.78 is 7.31. The molecule has 1 saturated heterocycles. The fourth-order valence-corrected chi connectivity index (χ4v) is 4.05. The first-order valence-electron chi connectivity index (χ1n) is 8.86. The average molecular weight is 408 g/mol. The van der Waals surface area contributed by atoms with E-state index in [4.69, 9.17) is 16.3 Å². The minimum Gasteiger partial charge on any atom is -0.376 e. The van der Waals surface area contributed by atoms with Crippen LogP contribution in [0.5, 0.6) is 0 Å². The minimum absolute atomic E-state index is 0.0153. The third-order valence-corrected chi connectivity index (χ3v) is 5.69. The molecule has 1 fully saturated rings. The molecular weight excluding hydrogens is 386 g/mol. The van der Waals surface area contributed by atoms with Crippen molar-refractivity contribution < 1.29 is 9.53 Å². The standard InChI is InChI=1S/C19H22ClN3O3S/c1-3-8-21-17(24)12(2)27-19-22-16-10-13(20)6-7-15(16)18(25)23(19)11-14-5-4-9-26-14/h3,6-7,10,12,14H,1,4-5,8-9,11H2,2H3,(H,21,24)/t12-,14+/m1/s1. The number of amides is 1. The van der Waals surface area contributed by atoms with Gasteiger partial charge in [0.15, 0.2) is 5.16 Å². The number of aromatic nitrogens is 2. The number of carbonyl (C=O) groups excluding carboxylic acids is 1. The van der Waals surface area contributed by atoms with Crippen LogP contribution in [0.25, 0.3) is 10.9 Å². The molecule has 1 aromatic heterocycles. The highest BCUT2D eigenvalue weighted by Crippen LogP contribution is 2.25. The zero-order valence-corrected chi connectivity index (χ0v) is 16.7. The van der Waals surface area contributed by atoms with E-state index < -0.39 is 5.25 Å². The number of nitrogens with zero attached hydrogens (tertiary/aromatic N) is 2. The molecule has 0 bridgehead atoms. The van der Waals surface area contributed by atoms with Crippen molar-refractivity contribution in [1.82, 2.24) is 14.9 Å². The number of benzene rings is 1. The first kappa shape index (κ1) is 19.9. The molecule has 2 aromatic rings. The maximum Gasteiger partial charge on any atom is 0.262 e. The zero-order valence-electron chi connectivity index (χ0n) is 15.1. The van der Waals surface area contributed by atoms with Crippen molar-refractivity contribution in [3.05, 3.63) is 46.2 Å². The van der Waals surface area contributed by atoms with Crippen molar-refractivity contribution in [1.29, 1.82) is 0 Å². The predicted molar refractivity (Wildman–Crippen MR) is 109 cm³/mol. The van der Waals surface area contributed by atoms with E-state index in [2.05, 4.69) is 16.9 Å². The third kappa shape index (κ3) is 4.72. The molecule has 27 heavy (non-hydrogen) atoms. The summed E-state index contributed by atoms with van der Waals surface area (Å²) >= 11 is 7.32. The van der Waals surface area contributed by atoms with E-state index in [9.17, 15) is 9.59 Å². The Morgan fingerprint density at radius 3 is 3.11 bits per heavy atom. The van der Waals surface area contributed by atoms with Gasteiger partial charge in [0.25, 0.3) is 5.56 Å². The normalized spacial score (nSPS) is 17.8. The molecule has 144 valence electrons. The summed E-state index contributed by atoms with van der Waals surface area (Å²) in [6.45, 7) is 6.91. The SMILES string of the molecule is C=CCNC(=O)[C@@H](C)Sc1nc2cc(Cl)ccc2c(=O)n1C[C@@H]1CCCO1. The summed E-state index contributed by atoms with van der Waals surface area (Å²) in [4.78, 5) is 29.9. The van der Waals surface area contributed by atoms with E-state index >= 15 is 0 Å². The molecule has 2 heterocycles. The molecule has 1 aliphatic rings. The molecule has 1 aliphatic heterocycles. The van der Waals surface area contributed by atoms with E-state index in [0.29, 0.717) is 40.8 Å². The fourth-order valence-electron chi connectivity index (χ4n) is 2.94. The largest absolute Gasteiger partial charge is 0.376 e. The Kier molecular flexibility index (Phi) is 6.57. The second-order valence-electron chi connectivity index (χ2n) is 6.40. The number of hydrogen-bond acceptors (Lipinski definition) is 5. The Morgan fingerprint density at radius 1 is 1.59 bits per heavy atom. The third-order valence-electron chi connectivity index (χ3n) is 4.36. The summed E-state index contributed by atoms with van der Waals surface area (Å²) in [7, 11) is 0. The second kappa shape index (κ2) is 8.91. The predicted octanol–water partition coefficient (Wildman–Crippen LogP) is 3.01. The van der Waals surface area contributed by atoms with Gasteiger partial charge in [-0.1, -0.05) is 29.4 Å². The van der Waals surface area contributed by atoms with E-state index in [1.54, 1.807) is 35.8 Å². The average Bonchev–Trinajstić information content (AvgIpc) is 3.15. The van der Waals surface area contributed by atoms with Gasteiger partial charge < -0.3 is 10.1 Å². The fraction of sp³-hybridized carbons (Fsp3) is 0.421. The Hall–Kier alpha value is -1.83. The Labute approximate surface area is 166 Å². The van der Waals surface area contributed by atoms with Crippen molar-refractivity contribution >= 4 is 40.2 Å². The molecule has 0 aliphatic carbocycles. The molecule has 2 atom stereocenters. The van der Waals surface area contributed by atoms with Crippen molar-refractivity contribution in [2.45, 2.75) is 42.8 Å². The number of fused-ring (bicyclic) bond motifs is 1. The number of nitrogens with one attached hydrogen (secondary N) is 1. The van der Waals surface area contributed by atoms with Gasteiger partial charge in [-0.3, -0.25) is 14.2 Å². The van der Waals surface area contributed by atoms with Gasteiger partial charge in [0.1, 0.15) is 0 Å². The first-order chi connectivity index (χ1) is 13.0. The summed E-state index contributed by atoms with van der Waals surface area (Å²) in [5, 5.41) is 3.86. The highest BCUT2D eigenvalue weighted by molar-refractivity contribution is 8.00. The Bertz CT molecular complexity index is 909. The number of hydrogen-bond donors (Lipinski definition) is 1. The first-order valence-corrected chi connectivity index (χ1v) is 10.1.